The Morgan fingerprint density at radius 3 is 2.43 bits per heavy atom. The zero-order valence-corrected chi connectivity index (χ0v) is 24.0. The minimum absolute atomic E-state index is 0.283. The molecule has 0 bridgehead atoms. The van der Waals surface area contributed by atoms with Gasteiger partial charge >= 0.3 is 6.18 Å². The number of amides is 1. The highest BCUT2D eigenvalue weighted by Gasteiger charge is 2.30. The van der Waals surface area contributed by atoms with Gasteiger partial charge in [-0.15, -0.1) is 0 Å². The van der Waals surface area contributed by atoms with Crippen LogP contribution in [0.3, 0.4) is 0 Å². The second kappa shape index (κ2) is 13.2. The Morgan fingerprint density at radius 1 is 1.14 bits per heavy atom. The van der Waals surface area contributed by atoms with Crippen molar-refractivity contribution < 1.29 is 35.7 Å². The summed E-state index contributed by atoms with van der Waals surface area (Å²) in [6.07, 6.45) is 7.15. The van der Waals surface area contributed by atoms with E-state index in [-0.39, 0.29) is 11.7 Å². The van der Waals surface area contributed by atoms with Gasteiger partial charge in [-0.3, -0.25) is 19.2 Å². The van der Waals surface area contributed by atoms with Crippen molar-refractivity contribution in [2.75, 3.05) is 37.9 Å². The smallest absolute Gasteiger partial charge is 0.379 e. The van der Waals surface area contributed by atoms with E-state index < -0.39 is 21.9 Å². The molecule has 2 N–H and O–H groups in total. The lowest BCUT2D eigenvalue weighted by Gasteiger charge is -2.36. The molecule has 0 spiro atoms. The number of ether oxygens (including phenoxy) is 1. The molecule has 1 atom stereocenters. The molecule has 3 aromatic rings. The molecule has 42 heavy (non-hydrogen) atoms. The van der Waals surface area contributed by atoms with Gasteiger partial charge in [0.1, 0.15) is 5.82 Å². The minimum atomic E-state index is -4.45. The van der Waals surface area contributed by atoms with E-state index in [0.29, 0.717) is 23.5 Å². The molecule has 10 nitrogen and oxygen atoms in total. The average molecular weight is 608 g/mol. The van der Waals surface area contributed by atoms with Crippen molar-refractivity contribution >= 4 is 27.3 Å². The van der Waals surface area contributed by atoms with Crippen molar-refractivity contribution in [1.82, 2.24) is 19.4 Å². The van der Waals surface area contributed by atoms with E-state index in [1.807, 2.05) is 13.0 Å². The number of hydrogen-bond donors (Lipinski definition) is 2. The van der Waals surface area contributed by atoms with Crippen LogP contribution in [0.1, 0.15) is 46.4 Å². The number of nitrogens with one attached hydrogen (secondary N) is 1. The van der Waals surface area contributed by atoms with Gasteiger partial charge in [0.05, 0.1) is 48.2 Å². The quantitative estimate of drug-likeness (QED) is 0.403. The van der Waals surface area contributed by atoms with Crippen molar-refractivity contribution in [1.29, 1.82) is 0 Å². The van der Waals surface area contributed by atoms with Crippen molar-refractivity contribution in [3.8, 4) is 5.82 Å². The number of pyridine rings is 2. The molecule has 1 fully saturated rings. The molecule has 1 aliphatic heterocycles. The number of carbonyl (C=O) groups is 1. The molecule has 0 radical (unpaired) electrons. The standard InChI is InChI=1S/C27H28F3N5O2.CH4O3S/c1-18-14-22(16-32-25(18)19-2-5-23(6-3-19)34-10-12-37-13-11-34)33-26(36)20-8-9-35(17-20)24-7-4-21(15-31-24)27(28,29)30;1-5(2,3)4/h2,4,7-9,14-17,23H,3,5-6,10-13H2,1H3,(H,33,36);1H3,(H,2,3,4). The number of alkyl halides is 3. The number of nitrogens with zero attached hydrogens (tertiary/aromatic N) is 4. The van der Waals surface area contributed by atoms with E-state index in [1.54, 1.807) is 18.5 Å². The number of rotatable bonds is 5. The van der Waals surface area contributed by atoms with Gasteiger partial charge < -0.3 is 14.6 Å². The number of aromatic nitrogens is 3. The van der Waals surface area contributed by atoms with Crippen molar-refractivity contribution in [2.24, 2.45) is 0 Å². The Morgan fingerprint density at radius 2 is 1.86 bits per heavy atom. The van der Waals surface area contributed by atoms with Gasteiger partial charge in [0.25, 0.3) is 16.0 Å². The Balaban J connectivity index is 0.000000748. The Hall–Kier alpha value is -3.59. The number of aryl methyl sites for hydroxylation is 1. The van der Waals surface area contributed by atoms with Gasteiger partial charge in [-0.2, -0.15) is 21.6 Å². The minimum Gasteiger partial charge on any atom is -0.379 e. The van der Waals surface area contributed by atoms with Crippen LogP contribution in [0, 0.1) is 6.92 Å². The average Bonchev–Trinajstić information content (AvgIpc) is 3.43. The summed E-state index contributed by atoms with van der Waals surface area (Å²) in [6, 6.07) is 6.27. The van der Waals surface area contributed by atoms with Gasteiger partial charge in [0.2, 0.25) is 0 Å². The summed E-state index contributed by atoms with van der Waals surface area (Å²) in [5, 5.41) is 2.85. The van der Waals surface area contributed by atoms with Crippen LogP contribution in [-0.4, -0.2) is 76.9 Å². The van der Waals surface area contributed by atoms with E-state index in [0.717, 1.165) is 69.1 Å². The molecule has 2 aliphatic rings. The van der Waals surface area contributed by atoms with Crippen LogP contribution in [0.4, 0.5) is 18.9 Å². The first kappa shape index (κ1) is 31.3. The topological polar surface area (TPSA) is 127 Å². The molecular formula is C28H32F3N5O5S. The maximum Gasteiger partial charge on any atom is 0.417 e. The van der Waals surface area contributed by atoms with Gasteiger partial charge in [-0.1, -0.05) is 6.08 Å². The highest BCUT2D eigenvalue weighted by molar-refractivity contribution is 7.85. The molecule has 226 valence electrons. The summed E-state index contributed by atoms with van der Waals surface area (Å²) in [4.78, 5) is 23.8. The van der Waals surface area contributed by atoms with Crippen LogP contribution in [0.25, 0.3) is 11.4 Å². The third kappa shape index (κ3) is 8.71. The fourth-order valence-electron chi connectivity index (χ4n) is 4.87. The maximum atomic E-state index is 12.8. The van der Waals surface area contributed by atoms with Crippen LogP contribution in [0.2, 0.25) is 0 Å². The summed E-state index contributed by atoms with van der Waals surface area (Å²) in [5.41, 5.74) is 3.29. The third-order valence-corrected chi connectivity index (χ3v) is 6.88. The zero-order chi connectivity index (χ0) is 30.5. The fourth-order valence-corrected chi connectivity index (χ4v) is 4.87. The van der Waals surface area contributed by atoms with Crippen molar-refractivity contribution in [3.05, 3.63) is 77.5 Å². The van der Waals surface area contributed by atoms with Gasteiger partial charge in [0.15, 0.2) is 0 Å². The normalized spacial score (nSPS) is 18.0. The summed E-state index contributed by atoms with van der Waals surface area (Å²) in [7, 11) is -3.67. The molecule has 1 saturated heterocycles. The van der Waals surface area contributed by atoms with Crippen molar-refractivity contribution in [3.63, 3.8) is 0 Å². The number of halogens is 3. The summed E-state index contributed by atoms with van der Waals surface area (Å²) in [6.45, 7) is 5.57. The first-order valence-electron chi connectivity index (χ1n) is 13.2. The first-order chi connectivity index (χ1) is 19.8. The monoisotopic (exact) mass is 607 g/mol. The zero-order valence-electron chi connectivity index (χ0n) is 23.1. The number of allylic oxidation sites excluding steroid dienone is 1. The van der Waals surface area contributed by atoms with Gasteiger partial charge in [-0.05, 0) is 61.6 Å². The molecule has 0 saturated carbocycles. The van der Waals surface area contributed by atoms with Crippen LogP contribution in [0.15, 0.2) is 55.1 Å². The highest BCUT2D eigenvalue weighted by Crippen LogP contribution is 2.31. The predicted octanol–water partition coefficient (Wildman–Crippen LogP) is 4.62. The van der Waals surface area contributed by atoms with E-state index >= 15 is 0 Å². The van der Waals surface area contributed by atoms with E-state index in [1.165, 1.54) is 22.4 Å². The Bertz CT molecular complexity index is 1520. The lowest BCUT2D eigenvalue weighted by atomic mass is 9.90. The highest BCUT2D eigenvalue weighted by atomic mass is 32.2. The van der Waals surface area contributed by atoms with Crippen LogP contribution < -0.4 is 5.32 Å². The van der Waals surface area contributed by atoms with Crippen LogP contribution in [0.5, 0.6) is 0 Å². The summed E-state index contributed by atoms with van der Waals surface area (Å²) in [5.74, 6) is -0.0598. The molecule has 14 heteroatoms. The summed E-state index contributed by atoms with van der Waals surface area (Å²) < 4.78 is 71.1. The van der Waals surface area contributed by atoms with E-state index in [4.69, 9.17) is 9.29 Å². The number of carbonyl (C=O) groups excluding carboxylic acids is 1. The molecule has 0 aromatic carbocycles. The molecule has 1 aliphatic carbocycles. The Kier molecular flexibility index (Phi) is 9.82. The van der Waals surface area contributed by atoms with Crippen LogP contribution >= 0.6 is 0 Å². The third-order valence-electron chi connectivity index (χ3n) is 6.88. The predicted molar refractivity (Wildman–Crippen MR) is 151 cm³/mol. The largest absolute Gasteiger partial charge is 0.417 e. The molecule has 4 heterocycles. The lowest BCUT2D eigenvalue weighted by molar-refractivity contribution is -0.137. The molecule has 3 aromatic heterocycles. The number of anilines is 1. The Labute approximate surface area is 242 Å². The SMILES string of the molecule is CS(=O)(=O)O.Cc1cc(NC(=O)c2ccn(-c3ccc(C(F)(F)F)cn3)c2)cnc1C1=CCC(N2CCOCC2)CC1. The van der Waals surface area contributed by atoms with Crippen LogP contribution in [-0.2, 0) is 21.0 Å². The number of hydrogen-bond acceptors (Lipinski definition) is 7. The number of morpholine rings is 1. The maximum absolute atomic E-state index is 12.8. The first-order valence-corrected chi connectivity index (χ1v) is 15.1. The summed E-state index contributed by atoms with van der Waals surface area (Å²) >= 11 is 0. The van der Waals surface area contributed by atoms with Gasteiger partial charge in [-0.25, -0.2) is 4.98 Å². The van der Waals surface area contributed by atoms with E-state index in [2.05, 4.69) is 26.3 Å². The molecule has 1 amide bonds. The lowest BCUT2D eigenvalue weighted by Crippen LogP contribution is -2.43. The second-order valence-corrected chi connectivity index (χ2v) is 11.6. The fraction of sp³-hybridized carbons (Fsp3) is 0.393. The van der Waals surface area contributed by atoms with E-state index in [9.17, 15) is 26.4 Å². The molecule has 5 rings (SSSR count). The second-order valence-electron chi connectivity index (χ2n) is 10.1. The molecular weight excluding hydrogens is 575 g/mol. The van der Waals surface area contributed by atoms with Crippen molar-refractivity contribution in [2.45, 2.75) is 38.4 Å². The van der Waals surface area contributed by atoms with Gasteiger partial charge in [0, 0.05) is 37.7 Å². The molecule has 1 unspecified atom stereocenters.